The van der Waals surface area contributed by atoms with Crippen LogP contribution in [0.5, 0.6) is 11.5 Å². The molecule has 2 nitrogen and oxygen atoms in total. The van der Waals surface area contributed by atoms with Gasteiger partial charge in [0.25, 0.3) is 0 Å². The van der Waals surface area contributed by atoms with Gasteiger partial charge in [-0.3, -0.25) is 0 Å². The van der Waals surface area contributed by atoms with Gasteiger partial charge in [-0.25, -0.2) is 0 Å². The second-order valence-electron chi connectivity index (χ2n) is 5.20. The molecule has 0 amide bonds. The van der Waals surface area contributed by atoms with Gasteiger partial charge < -0.3 is 9.47 Å². The maximum absolute atomic E-state index is 5.92. The van der Waals surface area contributed by atoms with Gasteiger partial charge in [-0.05, 0) is 38.0 Å². The molecule has 0 radical (unpaired) electrons. The first-order valence-corrected chi connectivity index (χ1v) is 8.73. The number of unbranched alkanes of at least 4 members (excludes halogenated alkanes) is 1. The molecule has 0 spiro atoms. The summed E-state index contributed by atoms with van der Waals surface area (Å²) in [5.74, 6) is 1.89. The highest BCUT2D eigenvalue weighted by atomic mass is 79.9. The zero-order valence-corrected chi connectivity index (χ0v) is 14.4. The number of benzene rings is 2. The highest BCUT2D eigenvalue weighted by molar-refractivity contribution is 9.09. The van der Waals surface area contributed by atoms with Crippen LogP contribution in [0.1, 0.15) is 31.7 Å². The SMILES string of the molecule is CCCCOc1ccc(OCCCBr)c2cc(C)ccc12. The molecule has 0 saturated carbocycles. The minimum absolute atomic E-state index is 0.727. The van der Waals surface area contributed by atoms with Gasteiger partial charge in [0.15, 0.2) is 0 Å². The topological polar surface area (TPSA) is 18.5 Å². The molecule has 0 saturated heterocycles. The van der Waals surface area contributed by atoms with E-state index in [4.69, 9.17) is 9.47 Å². The largest absolute Gasteiger partial charge is 0.493 e. The first kappa shape index (κ1) is 16.2. The van der Waals surface area contributed by atoms with Crippen molar-refractivity contribution in [3.8, 4) is 11.5 Å². The summed E-state index contributed by atoms with van der Waals surface area (Å²) in [5.41, 5.74) is 1.23. The van der Waals surface area contributed by atoms with Gasteiger partial charge in [0, 0.05) is 16.1 Å². The molecule has 21 heavy (non-hydrogen) atoms. The van der Waals surface area contributed by atoms with Crippen LogP contribution in [0.15, 0.2) is 30.3 Å². The van der Waals surface area contributed by atoms with Gasteiger partial charge in [0.2, 0.25) is 0 Å². The zero-order chi connectivity index (χ0) is 15.1. The Morgan fingerprint density at radius 3 is 2.24 bits per heavy atom. The number of alkyl halides is 1. The van der Waals surface area contributed by atoms with Crippen LogP contribution < -0.4 is 9.47 Å². The Hall–Kier alpha value is -1.22. The van der Waals surface area contributed by atoms with Crippen molar-refractivity contribution in [3.63, 3.8) is 0 Å². The van der Waals surface area contributed by atoms with E-state index in [1.807, 2.05) is 12.1 Å². The number of rotatable bonds is 8. The first-order valence-electron chi connectivity index (χ1n) is 7.61. The number of halogens is 1. The lowest BCUT2D eigenvalue weighted by molar-refractivity contribution is 0.309. The molecule has 0 N–H and O–H groups in total. The van der Waals surface area contributed by atoms with Crippen LogP contribution in [0.3, 0.4) is 0 Å². The lowest BCUT2D eigenvalue weighted by Crippen LogP contribution is -2.00. The number of ether oxygens (including phenoxy) is 2. The van der Waals surface area contributed by atoms with E-state index in [2.05, 4.69) is 48.0 Å². The molecule has 0 aromatic heterocycles. The Labute approximate surface area is 135 Å². The van der Waals surface area contributed by atoms with E-state index in [9.17, 15) is 0 Å². The average Bonchev–Trinajstić information content (AvgIpc) is 2.49. The predicted octanol–water partition coefficient (Wildman–Crippen LogP) is 5.49. The summed E-state index contributed by atoms with van der Waals surface area (Å²) in [4.78, 5) is 0. The maximum Gasteiger partial charge on any atom is 0.127 e. The Bertz CT molecular complexity index is 581. The van der Waals surface area contributed by atoms with E-state index in [1.54, 1.807) is 0 Å². The van der Waals surface area contributed by atoms with Gasteiger partial charge in [-0.2, -0.15) is 0 Å². The first-order chi connectivity index (χ1) is 10.3. The standard InChI is InChI=1S/C18H23BrO2/c1-3-4-11-20-17-8-9-18(21-12-5-10-19)16-13-14(2)6-7-15(16)17/h6-9,13H,3-5,10-12H2,1-2H3. The van der Waals surface area contributed by atoms with Crippen molar-refractivity contribution in [2.75, 3.05) is 18.5 Å². The van der Waals surface area contributed by atoms with E-state index in [0.29, 0.717) is 0 Å². The van der Waals surface area contributed by atoms with E-state index in [-0.39, 0.29) is 0 Å². The van der Waals surface area contributed by atoms with Crippen molar-refractivity contribution < 1.29 is 9.47 Å². The van der Waals surface area contributed by atoms with Crippen molar-refractivity contribution in [1.82, 2.24) is 0 Å². The van der Waals surface area contributed by atoms with Crippen molar-refractivity contribution in [2.24, 2.45) is 0 Å². The van der Waals surface area contributed by atoms with Crippen LogP contribution in [-0.2, 0) is 0 Å². The van der Waals surface area contributed by atoms with Crippen molar-refractivity contribution in [2.45, 2.75) is 33.1 Å². The van der Waals surface area contributed by atoms with E-state index < -0.39 is 0 Å². The van der Waals surface area contributed by atoms with Crippen LogP contribution >= 0.6 is 15.9 Å². The van der Waals surface area contributed by atoms with E-state index in [0.717, 1.165) is 60.1 Å². The van der Waals surface area contributed by atoms with Gasteiger partial charge in [0.05, 0.1) is 13.2 Å². The van der Waals surface area contributed by atoms with Crippen LogP contribution in [0.2, 0.25) is 0 Å². The molecular weight excluding hydrogens is 328 g/mol. The Morgan fingerprint density at radius 1 is 0.905 bits per heavy atom. The molecule has 0 heterocycles. The average molecular weight is 351 g/mol. The molecule has 3 heteroatoms. The third-order valence-electron chi connectivity index (χ3n) is 3.38. The smallest absolute Gasteiger partial charge is 0.127 e. The zero-order valence-electron chi connectivity index (χ0n) is 12.8. The summed E-state index contributed by atoms with van der Waals surface area (Å²) < 4.78 is 11.8. The number of aryl methyl sites for hydroxylation is 1. The Morgan fingerprint density at radius 2 is 1.57 bits per heavy atom. The van der Waals surface area contributed by atoms with Crippen LogP contribution in [-0.4, -0.2) is 18.5 Å². The van der Waals surface area contributed by atoms with Crippen LogP contribution in [0.4, 0.5) is 0 Å². The lowest BCUT2D eigenvalue weighted by Gasteiger charge is -2.14. The van der Waals surface area contributed by atoms with Gasteiger partial charge in [-0.15, -0.1) is 0 Å². The van der Waals surface area contributed by atoms with Crippen molar-refractivity contribution in [3.05, 3.63) is 35.9 Å². The summed E-state index contributed by atoms with van der Waals surface area (Å²) in [6.07, 6.45) is 3.23. The molecular formula is C18H23BrO2. The number of hydrogen-bond acceptors (Lipinski definition) is 2. The maximum atomic E-state index is 5.92. The Kier molecular flexibility index (Phi) is 6.37. The molecule has 0 aliphatic heterocycles. The predicted molar refractivity (Wildman–Crippen MR) is 93.0 cm³/mol. The fourth-order valence-electron chi connectivity index (χ4n) is 2.22. The Balaban J connectivity index is 2.29. The molecule has 114 valence electrons. The summed E-state index contributed by atoms with van der Waals surface area (Å²) in [7, 11) is 0. The van der Waals surface area contributed by atoms with Crippen molar-refractivity contribution in [1.29, 1.82) is 0 Å². The second kappa shape index (κ2) is 8.28. The fourth-order valence-corrected chi connectivity index (χ4v) is 2.45. The molecule has 2 aromatic carbocycles. The summed E-state index contributed by atoms with van der Waals surface area (Å²) >= 11 is 3.43. The van der Waals surface area contributed by atoms with E-state index >= 15 is 0 Å². The van der Waals surface area contributed by atoms with Gasteiger partial charge in [0.1, 0.15) is 11.5 Å². The molecule has 2 aromatic rings. The quantitative estimate of drug-likeness (QED) is 0.462. The van der Waals surface area contributed by atoms with Crippen LogP contribution in [0.25, 0.3) is 10.8 Å². The van der Waals surface area contributed by atoms with Crippen LogP contribution in [0, 0.1) is 6.92 Å². The fraction of sp³-hybridized carbons (Fsp3) is 0.444. The monoisotopic (exact) mass is 350 g/mol. The summed E-state index contributed by atoms with van der Waals surface area (Å²) in [6, 6.07) is 10.5. The highest BCUT2D eigenvalue weighted by Crippen LogP contribution is 2.34. The highest BCUT2D eigenvalue weighted by Gasteiger charge is 2.08. The number of fused-ring (bicyclic) bond motifs is 1. The number of hydrogen-bond donors (Lipinski definition) is 0. The lowest BCUT2D eigenvalue weighted by atomic mass is 10.1. The third-order valence-corrected chi connectivity index (χ3v) is 3.94. The molecule has 0 bridgehead atoms. The molecule has 0 aliphatic rings. The summed E-state index contributed by atoms with van der Waals surface area (Å²) in [6.45, 7) is 5.77. The molecule has 2 rings (SSSR count). The molecule has 0 atom stereocenters. The third kappa shape index (κ3) is 4.37. The van der Waals surface area contributed by atoms with E-state index in [1.165, 1.54) is 5.56 Å². The summed E-state index contributed by atoms with van der Waals surface area (Å²) in [5, 5.41) is 3.23. The normalized spacial score (nSPS) is 10.8. The minimum Gasteiger partial charge on any atom is -0.493 e. The molecule has 0 fully saturated rings. The van der Waals surface area contributed by atoms with Crippen molar-refractivity contribution >= 4 is 26.7 Å². The van der Waals surface area contributed by atoms with Gasteiger partial charge >= 0.3 is 0 Å². The van der Waals surface area contributed by atoms with Gasteiger partial charge in [-0.1, -0.05) is 47.0 Å². The minimum atomic E-state index is 0.727. The molecule has 0 aliphatic carbocycles. The second-order valence-corrected chi connectivity index (χ2v) is 6.00. The molecule has 0 unspecified atom stereocenters.